The minimum absolute atomic E-state index is 0.344. The fourth-order valence-corrected chi connectivity index (χ4v) is 3.49. The molecule has 19 heavy (non-hydrogen) atoms. The number of hydrogen-bond acceptors (Lipinski definition) is 5. The Morgan fingerprint density at radius 3 is 2.47 bits per heavy atom. The third-order valence-corrected chi connectivity index (χ3v) is 4.63. The minimum atomic E-state index is -0.805. The average Bonchev–Trinajstić information content (AvgIpc) is 2.74. The number of thiazole rings is 1. The normalized spacial score (nSPS) is 18.2. The summed E-state index contributed by atoms with van der Waals surface area (Å²) in [6, 6.07) is 0. The van der Waals surface area contributed by atoms with E-state index in [1.54, 1.807) is 11.3 Å². The molecule has 1 aliphatic heterocycles. The zero-order valence-corrected chi connectivity index (χ0v) is 13.1. The van der Waals surface area contributed by atoms with Gasteiger partial charge in [0.1, 0.15) is 5.01 Å². The summed E-state index contributed by atoms with van der Waals surface area (Å²) in [5, 5.41) is 11.4. The zero-order valence-electron chi connectivity index (χ0n) is 12.3. The van der Waals surface area contributed by atoms with Gasteiger partial charge < -0.3 is 9.84 Å². The van der Waals surface area contributed by atoms with E-state index < -0.39 is 5.60 Å². The molecule has 108 valence electrons. The molecule has 0 saturated carbocycles. The number of rotatable bonds is 4. The molecule has 0 aromatic carbocycles. The lowest BCUT2D eigenvalue weighted by atomic mass is 10.0. The van der Waals surface area contributed by atoms with Gasteiger partial charge in [-0.2, -0.15) is 0 Å². The summed E-state index contributed by atoms with van der Waals surface area (Å²) in [5.74, 6) is 0.344. The second kappa shape index (κ2) is 5.87. The molecule has 0 amide bonds. The molecular weight excluding hydrogens is 260 g/mol. The fourth-order valence-electron chi connectivity index (χ4n) is 2.23. The van der Waals surface area contributed by atoms with Crippen LogP contribution in [0, 0.1) is 0 Å². The van der Waals surface area contributed by atoms with Gasteiger partial charge in [0.15, 0.2) is 0 Å². The van der Waals surface area contributed by atoms with Crippen molar-refractivity contribution in [2.45, 2.75) is 45.8 Å². The van der Waals surface area contributed by atoms with Crippen LogP contribution in [0.3, 0.4) is 0 Å². The van der Waals surface area contributed by atoms with E-state index in [1.165, 1.54) is 0 Å². The average molecular weight is 284 g/mol. The number of ether oxygens (including phenoxy) is 1. The molecule has 2 heterocycles. The monoisotopic (exact) mass is 284 g/mol. The van der Waals surface area contributed by atoms with Gasteiger partial charge in [0, 0.05) is 13.1 Å². The Morgan fingerprint density at radius 2 is 2.00 bits per heavy atom. The number of aromatic nitrogens is 1. The van der Waals surface area contributed by atoms with Gasteiger partial charge in [0.25, 0.3) is 0 Å². The first-order chi connectivity index (χ1) is 8.88. The van der Waals surface area contributed by atoms with Crippen LogP contribution in [0.1, 0.15) is 49.2 Å². The van der Waals surface area contributed by atoms with Gasteiger partial charge in [-0.15, -0.1) is 11.3 Å². The van der Waals surface area contributed by atoms with Crippen LogP contribution in [0.2, 0.25) is 0 Å². The van der Waals surface area contributed by atoms with E-state index in [1.807, 2.05) is 13.8 Å². The molecule has 1 fully saturated rings. The summed E-state index contributed by atoms with van der Waals surface area (Å²) in [5.41, 5.74) is 0.237. The molecule has 0 radical (unpaired) electrons. The largest absolute Gasteiger partial charge is 0.385 e. The van der Waals surface area contributed by atoms with Crippen molar-refractivity contribution in [2.75, 3.05) is 26.3 Å². The maximum Gasteiger partial charge on any atom is 0.107 e. The Morgan fingerprint density at radius 1 is 1.37 bits per heavy atom. The number of morpholine rings is 1. The second-order valence-corrected chi connectivity index (χ2v) is 7.01. The third-order valence-electron chi connectivity index (χ3n) is 3.26. The van der Waals surface area contributed by atoms with Crippen LogP contribution in [0.4, 0.5) is 0 Å². The van der Waals surface area contributed by atoms with Crippen LogP contribution in [0.25, 0.3) is 0 Å². The maximum absolute atomic E-state index is 10.3. The Bertz CT molecular complexity index is 418. The first-order valence-electron chi connectivity index (χ1n) is 6.90. The van der Waals surface area contributed by atoms with Gasteiger partial charge in [0.2, 0.25) is 0 Å². The highest BCUT2D eigenvalue weighted by molar-refractivity contribution is 7.11. The first-order valence-corrected chi connectivity index (χ1v) is 7.72. The standard InChI is InChI=1S/C14H24N2O2S/c1-10(2)12-13(14(3,4)17)19-11(15-12)9-16-5-7-18-8-6-16/h10,17H,5-9H2,1-4H3. The Labute approximate surface area is 119 Å². The van der Waals surface area contributed by atoms with Gasteiger partial charge >= 0.3 is 0 Å². The summed E-state index contributed by atoms with van der Waals surface area (Å²) < 4.78 is 5.36. The molecule has 1 aromatic rings. The first kappa shape index (κ1) is 14.9. The lowest BCUT2D eigenvalue weighted by molar-refractivity contribution is 0.0341. The van der Waals surface area contributed by atoms with Crippen molar-refractivity contribution in [1.29, 1.82) is 0 Å². The Kier molecular flexibility index (Phi) is 4.61. The molecule has 0 aliphatic carbocycles. The van der Waals surface area contributed by atoms with Gasteiger partial charge in [0.05, 0.1) is 35.9 Å². The molecule has 0 atom stereocenters. The van der Waals surface area contributed by atoms with Gasteiger partial charge in [-0.25, -0.2) is 4.98 Å². The molecule has 4 nitrogen and oxygen atoms in total. The predicted molar refractivity (Wildman–Crippen MR) is 77.5 cm³/mol. The van der Waals surface area contributed by atoms with Crippen molar-refractivity contribution in [1.82, 2.24) is 9.88 Å². The highest BCUT2D eigenvalue weighted by Crippen LogP contribution is 2.34. The number of nitrogens with zero attached hydrogens (tertiary/aromatic N) is 2. The van der Waals surface area contributed by atoms with Crippen LogP contribution in [0.5, 0.6) is 0 Å². The molecule has 1 aromatic heterocycles. The molecule has 0 bridgehead atoms. The van der Waals surface area contributed by atoms with Crippen molar-refractivity contribution < 1.29 is 9.84 Å². The molecule has 5 heteroatoms. The SMILES string of the molecule is CC(C)c1nc(CN2CCOCC2)sc1C(C)(C)O. The number of aliphatic hydroxyl groups is 1. The smallest absolute Gasteiger partial charge is 0.107 e. The van der Waals surface area contributed by atoms with Crippen LogP contribution in [-0.2, 0) is 16.9 Å². The van der Waals surface area contributed by atoms with E-state index in [0.717, 1.165) is 48.4 Å². The predicted octanol–water partition coefficient (Wildman–Crippen LogP) is 2.33. The minimum Gasteiger partial charge on any atom is -0.385 e. The van der Waals surface area contributed by atoms with E-state index in [0.29, 0.717) is 5.92 Å². The fraction of sp³-hybridized carbons (Fsp3) is 0.786. The van der Waals surface area contributed by atoms with E-state index in [4.69, 9.17) is 9.72 Å². The molecule has 0 spiro atoms. The topological polar surface area (TPSA) is 45.6 Å². The Hall–Kier alpha value is -0.490. The van der Waals surface area contributed by atoms with Crippen molar-refractivity contribution in [3.63, 3.8) is 0 Å². The lowest BCUT2D eigenvalue weighted by Crippen LogP contribution is -2.35. The Balaban J connectivity index is 2.17. The van der Waals surface area contributed by atoms with Gasteiger partial charge in [-0.3, -0.25) is 4.90 Å². The van der Waals surface area contributed by atoms with Crippen LogP contribution in [0.15, 0.2) is 0 Å². The van der Waals surface area contributed by atoms with Crippen molar-refractivity contribution >= 4 is 11.3 Å². The lowest BCUT2D eigenvalue weighted by Gasteiger charge is -2.25. The van der Waals surface area contributed by atoms with E-state index in [9.17, 15) is 5.11 Å². The van der Waals surface area contributed by atoms with Crippen LogP contribution >= 0.6 is 11.3 Å². The zero-order chi connectivity index (χ0) is 14.0. The van der Waals surface area contributed by atoms with Crippen molar-refractivity contribution in [3.8, 4) is 0 Å². The molecule has 1 N–H and O–H groups in total. The highest BCUT2D eigenvalue weighted by Gasteiger charge is 2.26. The summed E-state index contributed by atoms with van der Waals surface area (Å²) in [7, 11) is 0. The van der Waals surface area contributed by atoms with E-state index >= 15 is 0 Å². The molecular formula is C14H24N2O2S. The van der Waals surface area contributed by atoms with E-state index in [2.05, 4.69) is 18.7 Å². The quantitative estimate of drug-likeness (QED) is 0.921. The van der Waals surface area contributed by atoms with Gasteiger partial charge in [-0.05, 0) is 19.8 Å². The summed E-state index contributed by atoms with van der Waals surface area (Å²) in [6.07, 6.45) is 0. The maximum atomic E-state index is 10.3. The second-order valence-electron chi connectivity index (χ2n) is 5.92. The molecule has 1 aliphatic rings. The molecule has 1 saturated heterocycles. The number of hydrogen-bond donors (Lipinski definition) is 1. The molecule has 2 rings (SSSR count). The summed E-state index contributed by atoms with van der Waals surface area (Å²) >= 11 is 1.64. The summed E-state index contributed by atoms with van der Waals surface area (Å²) in [4.78, 5) is 8.11. The van der Waals surface area contributed by atoms with Crippen LogP contribution in [-0.4, -0.2) is 41.3 Å². The third kappa shape index (κ3) is 3.75. The van der Waals surface area contributed by atoms with Crippen molar-refractivity contribution in [3.05, 3.63) is 15.6 Å². The highest BCUT2D eigenvalue weighted by atomic mass is 32.1. The van der Waals surface area contributed by atoms with Crippen molar-refractivity contribution in [2.24, 2.45) is 0 Å². The van der Waals surface area contributed by atoms with Gasteiger partial charge in [-0.1, -0.05) is 13.8 Å². The molecule has 0 unspecified atom stereocenters. The van der Waals surface area contributed by atoms with E-state index in [-0.39, 0.29) is 0 Å². The summed E-state index contributed by atoms with van der Waals surface area (Å²) in [6.45, 7) is 12.3. The van der Waals surface area contributed by atoms with Crippen LogP contribution < -0.4 is 0 Å².